The van der Waals surface area contributed by atoms with Gasteiger partial charge in [-0.3, -0.25) is 4.72 Å². The summed E-state index contributed by atoms with van der Waals surface area (Å²) in [6.45, 7) is 3.28. The average Bonchev–Trinajstić information content (AvgIpc) is 3.09. The number of rotatable bonds is 6. The van der Waals surface area contributed by atoms with Gasteiger partial charge in [-0.2, -0.15) is 4.98 Å². The number of benzene rings is 2. The summed E-state index contributed by atoms with van der Waals surface area (Å²) >= 11 is 3.26. The molecule has 1 aromatic heterocycles. The molecule has 10 heteroatoms. The zero-order chi connectivity index (χ0) is 20.3. The van der Waals surface area contributed by atoms with Gasteiger partial charge in [0, 0.05) is 10.2 Å². The monoisotopic (exact) mass is 465 g/mol. The van der Waals surface area contributed by atoms with Gasteiger partial charge in [-0.1, -0.05) is 21.1 Å². The van der Waals surface area contributed by atoms with Crippen LogP contribution in [-0.4, -0.2) is 24.5 Å². The van der Waals surface area contributed by atoms with Crippen molar-refractivity contribution in [2.75, 3.05) is 4.72 Å². The van der Waals surface area contributed by atoms with Crippen LogP contribution >= 0.6 is 15.9 Å². The summed E-state index contributed by atoms with van der Waals surface area (Å²) in [6, 6.07) is 12.1. The molecular weight excluding hydrogens is 450 g/mol. The number of nitrogens with one attached hydrogen (secondary N) is 1. The fourth-order valence-electron chi connectivity index (χ4n) is 2.26. The highest BCUT2D eigenvalue weighted by molar-refractivity contribution is 9.10. The van der Waals surface area contributed by atoms with Crippen LogP contribution in [0.15, 0.2) is 62.4 Å². The van der Waals surface area contributed by atoms with E-state index >= 15 is 0 Å². The SMILES string of the molecule is Cc1noc(C(C)OC(=O)c2ccc(NS(=O)(=O)c3ccc(Br)cc3)cc2)n1. The Bertz CT molecular complexity index is 1080. The number of halogens is 1. The Morgan fingerprint density at radius 1 is 1.14 bits per heavy atom. The molecule has 0 aliphatic heterocycles. The van der Waals surface area contributed by atoms with Gasteiger partial charge in [-0.25, -0.2) is 13.2 Å². The number of ether oxygens (including phenoxy) is 1. The zero-order valence-electron chi connectivity index (χ0n) is 14.9. The van der Waals surface area contributed by atoms with Gasteiger partial charge in [0.15, 0.2) is 11.9 Å². The number of anilines is 1. The highest BCUT2D eigenvalue weighted by atomic mass is 79.9. The highest BCUT2D eigenvalue weighted by Crippen LogP contribution is 2.21. The molecule has 8 nitrogen and oxygen atoms in total. The first-order chi connectivity index (χ1) is 13.2. The smallest absolute Gasteiger partial charge is 0.338 e. The maximum atomic E-state index is 12.4. The van der Waals surface area contributed by atoms with Gasteiger partial charge in [0.1, 0.15) is 0 Å². The largest absolute Gasteiger partial charge is 0.449 e. The number of hydrogen-bond donors (Lipinski definition) is 1. The van der Waals surface area contributed by atoms with E-state index in [-0.39, 0.29) is 16.3 Å². The summed E-state index contributed by atoms with van der Waals surface area (Å²) < 4.78 is 38.3. The number of sulfonamides is 1. The van der Waals surface area contributed by atoms with Crippen LogP contribution < -0.4 is 4.72 Å². The lowest BCUT2D eigenvalue weighted by Crippen LogP contribution is -2.13. The minimum absolute atomic E-state index is 0.128. The Balaban J connectivity index is 1.67. The van der Waals surface area contributed by atoms with Gasteiger partial charge >= 0.3 is 5.97 Å². The van der Waals surface area contributed by atoms with Crippen LogP contribution in [0.4, 0.5) is 5.69 Å². The first-order valence-corrected chi connectivity index (χ1v) is 10.4. The van der Waals surface area contributed by atoms with Crippen molar-refractivity contribution in [2.24, 2.45) is 0 Å². The molecule has 3 aromatic rings. The van der Waals surface area contributed by atoms with Gasteiger partial charge in [-0.05, 0) is 62.4 Å². The van der Waals surface area contributed by atoms with E-state index in [0.29, 0.717) is 11.5 Å². The topological polar surface area (TPSA) is 111 Å². The van der Waals surface area contributed by atoms with Crippen molar-refractivity contribution in [3.63, 3.8) is 0 Å². The summed E-state index contributed by atoms with van der Waals surface area (Å²) in [4.78, 5) is 16.4. The lowest BCUT2D eigenvalue weighted by Gasteiger charge is -2.11. The summed E-state index contributed by atoms with van der Waals surface area (Å²) in [7, 11) is -3.73. The summed E-state index contributed by atoms with van der Waals surface area (Å²) in [5.41, 5.74) is 0.578. The van der Waals surface area contributed by atoms with E-state index in [9.17, 15) is 13.2 Å². The van der Waals surface area contributed by atoms with Crippen LogP contribution in [-0.2, 0) is 14.8 Å². The first kappa shape index (κ1) is 20.0. The number of carbonyl (C=O) groups is 1. The molecule has 0 aliphatic carbocycles. The molecule has 0 aliphatic rings. The molecule has 1 unspecified atom stereocenters. The van der Waals surface area contributed by atoms with Crippen molar-refractivity contribution in [1.29, 1.82) is 0 Å². The molecule has 0 spiro atoms. The van der Waals surface area contributed by atoms with Crippen LogP contribution in [0, 0.1) is 6.92 Å². The van der Waals surface area contributed by atoms with E-state index < -0.39 is 22.1 Å². The van der Waals surface area contributed by atoms with Crippen molar-refractivity contribution in [3.8, 4) is 0 Å². The predicted molar refractivity (Wildman–Crippen MR) is 104 cm³/mol. The second-order valence-corrected chi connectivity index (χ2v) is 8.46. The van der Waals surface area contributed by atoms with E-state index in [1.807, 2.05) is 0 Å². The van der Waals surface area contributed by atoms with Crippen molar-refractivity contribution in [2.45, 2.75) is 24.8 Å². The lowest BCUT2D eigenvalue weighted by molar-refractivity contribution is 0.0265. The highest BCUT2D eigenvalue weighted by Gasteiger charge is 2.19. The third-order valence-electron chi connectivity index (χ3n) is 3.67. The second-order valence-electron chi connectivity index (χ2n) is 5.86. The second kappa shape index (κ2) is 8.11. The van der Waals surface area contributed by atoms with Gasteiger partial charge in [-0.15, -0.1) is 0 Å². The number of carbonyl (C=O) groups excluding carboxylic acids is 1. The number of aromatic nitrogens is 2. The molecule has 2 aromatic carbocycles. The molecule has 1 N–H and O–H groups in total. The normalized spacial score (nSPS) is 12.4. The van der Waals surface area contributed by atoms with Crippen LogP contribution in [0.2, 0.25) is 0 Å². The Morgan fingerprint density at radius 3 is 2.36 bits per heavy atom. The van der Waals surface area contributed by atoms with Crippen LogP contribution in [0.5, 0.6) is 0 Å². The first-order valence-electron chi connectivity index (χ1n) is 8.14. The fraction of sp³-hybridized carbons (Fsp3) is 0.167. The third kappa shape index (κ3) is 4.76. The maximum Gasteiger partial charge on any atom is 0.338 e. The maximum absolute atomic E-state index is 12.4. The minimum atomic E-state index is -3.73. The molecule has 0 saturated heterocycles. The number of hydrogen-bond acceptors (Lipinski definition) is 7. The molecule has 0 saturated carbocycles. The standard InChI is InChI=1S/C18H16BrN3O5S/c1-11(17-20-12(2)21-27-17)26-18(23)13-3-7-15(8-4-13)22-28(24,25)16-9-5-14(19)6-10-16/h3-11,22H,1-2H3. The Hall–Kier alpha value is -2.72. The summed E-state index contributed by atoms with van der Waals surface area (Å²) in [5.74, 6) is 0.0516. The quantitative estimate of drug-likeness (QED) is 0.549. The minimum Gasteiger partial charge on any atom is -0.449 e. The van der Waals surface area contributed by atoms with Gasteiger partial charge in [0.2, 0.25) is 0 Å². The molecule has 1 heterocycles. The van der Waals surface area contributed by atoms with E-state index in [0.717, 1.165) is 4.47 Å². The van der Waals surface area contributed by atoms with Crippen LogP contribution in [0.1, 0.15) is 35.1 Å². The molecule has 3 rings (SSSR count). The van der Waals surface area contributed by atoms with E-state index in [1.54, 1.807) is 26.0 Å². The Labute approximate surface area is 170 Å². The predicted octanol–water partition coefficient (Wildman–Crippen LogP) is 3.86. The van der Waals surface area contributed by atoms with E-state index in [2.05, 4.69) is 30.8 Å². The third-order valence-corrected chi connectivity index (χ3v) is 5.60. The molecule has 146 valence electrons. The molecule has 0 amide bonds. The van der Waals surface area contributed by atoms with E-state index in [4.69, 9.17) is 9.26 Å². The average molecular weight is 466 g/mol. The van der Waals surface area contributed by atoms with Crippen molar-refractivity contribution in [3.05, 3.63) is 70.3 Å². The van der Waals surface area contributed by atoms with E-state index in [1.165, 1.54) is 36.4 Å². The fourth-order valence-corrected chi connectivity index (χ4v) is 3.58. The molecule has 0 bridgehead atoms. The van der Waals surface area contributed by atoms with Gasteiger partial charge in [0.05, 0.1) is 10.5 Å². The number of nitrogens with zero attached hydrogens (tertiary/aromatic N) is 2. The molecular formula is C18H16BrN3O5S. The van der Waals surface area contributed by atoms with Gasteiger partial charge in [0.25, 0.3) is 15.9 Å². The van der Waals surface area contributed by atoms with Crippen molar-refractivity contribution < 1.29 is 22.5 Å². The Morgan fingerprint density at radius 2 is 1.79 bits per heavy atom. The molecule has 0 radical (unpaired) electrons. The zero-order valence-corrected chi connectivity index (χ0v) is 17.3. The van der Waals surface area contributed by atoms with Gasteiger partial charge < -0.3 is 9.26 Å². The Kier molecular flexibility index (Phi) is 5.80. The molecule has 28 heavy (non-hydrogen) atoms. The lowest BCUT2D eigenvalue weighted by atomic mass is 10.2. The number of esters is 1. The summed E-state index contributed by atoms with van der Waals surface area (Å²) in [5, 5.41) is 3.65. The molecule has 1 atom stereocenters. The molecule has 0 fully saturated rings. The number of aryl methyl sites for hydroxylation is 1. The summed E-state index contributed by atoms with van der Waals surface area (Å²) in [6.07, 6.45) is -0.704. The van der Waals surface area contributed by atoms with Crippen LogP contribution in [0.25, 0.3) is 0 Å². The van der Waals surface area contributed by atoms with Crippen molar-refractivity contribution in [1.82, 2.24) is 10.1 Å². The van der Waals surface area contributed by atoms with Crippen molar-refractivity contribution >= 4 is 37.6 Å². The van der Waals surface area contributed by atoms with Crippen LogP contribution in [0.3, 0.4) is 0 Å².